The van der Waals surface area contributed by atoms with Crippen molar-refractivity contribution in [2.45, 2.75) is 38.1 Å². The highest BCUT2D eigenvalue weighted by Crippen LogP contribution is 2.22. The lowest BCUT2D eigenvalue weighted by molar-refractivity contribution is 0.0511. The van der Waals surface area contributed by atoms with Crippen molar-refractivity contribution in [3.8, 4) is 0 Å². The smallest absolute Gasteiger partial charge is 0.410 e. The highest BCUT2D eigenvalue weighted by molar-refractivity contribution is 5.68. The molecule has 0 radical (unpaired) electrons. The van der Waals surface area contributed by atoms with Crippen molar-refractivity contribution in [3.05, 3.63) is 35.9 Å². The summed E-state index contributed by atoms with van der Waals surface area (Å²) in [6.07, 6.45) is 5.16. The van der Waals surface area contributed by atoms with Crippen LogP contribution >= 0.6 is 0 Å². The highest BCUT2D eigenvalue weighted by atomic mass is 16.6. The van der Waals surface area contributed by atoms with Crippen LogP contribution in [0.1, 0.15) is 31.2 Å². The van der Waals surface area contributed by atoms with Gasteiger partial charge in [-0.3, -0.25) is 0 Å². The van der Waals surface area contributed by atoms with Crippen LogP contribution < -0.4 is 0 Å². The second-order valence-electron chi connectivity index (χ2n) is 5.47. The number of rotatable bonds is 6. The minimum atomic E-state index is -0.190. The van der Waals surface area contributed by atoms with Crippen molar-refractivity contribution in [2.24, 2.45) is 0 Å². The van der Waals surface area contributed by atoms with E-state index in [0.717, 1.165) is 32.2 Å². The van der Waals surface area contributed by atoms with Crippen LogP contribution in [-0.4, -0.2) is 43.9 Å². The Balaban J connectivity index is 1.84. The number of aryl methyl sites for hydroxylation is 1. The third-order valence-corrected chi connectivity index (χ3v) is 3.98. The molecule has 0 saturated carbocycles. The van der Waals surface area contributed by atoms with Crippen LogP contribution in [0.25, 0.3) is 0 Å². The maximum atomic E-state index is 12.1. The zero-order chi connectivity index (χ0) is 14.9. The summed E-state index contributed by atoms with van der Waals surface area (Å²) in [5, 5.41) is 0. The van der Waals surface area contributed by atoms with Gasteiger partial charge in [-0.05, 0) is 37.7 Å². The fraction of sp³-hybridized carbons (Fsp3) is 0.588. The molecule has 21 heavy (non-hydrogen) atoms. The number of likely N-dealkylation sites (tertiary alicyclic amines) is 1. The molecule has 0 bridgehead atoms. The zero-order valence-electron chi connectivity index (χ0n) is 12.8. The topological polar surface area (TPSA) is 38.8 Å². The number of hydrogen-bond acceptors (Lipinski definition) is 3. The third-order valence-electron chi connectivity index (χ3n) is 3.98. The molecule has 1 unspecified atom stereocenters. The molecule has 4 heteroatoms. The summed E-state index contributed by atoms with van der Waals surface area (Å²) >= 11 is 0. The van der Waals surface area contributed by atoms with Gasteiger partial charge in [0.25, 0.3) is 0 Å². The minimum Gasteiger partial charge on any atom is -0.447 e. The van der Waals surface area contributed by atoms with Gasteiger partial charge in [-0.2, -0.15) is 0 Å². The molecule has 0 spiro atoms. The van der Waals surface area contributed by atoms with Crippen molar-refractivity contribution in [1.82, 2.24) is 4.90 Å². The number of ether oxygens (including phenoxy) is 2. The summed E-state index contributed by atoms with van der Waals surface area (Å²) in [6.45, 7) is 1.59. The first kappa shape index (κ1) is 15.8. The Kier molecular flexibility index (Phi) is 6.54. The summed E-state index contributed by atoms with van der Waals surface area (Å²) < 4.78 is 10.2. The maximum absolute atomic E-state index is 12.1. The molecule has 1 heterocycles. The number of amides is 1. The molecule has 0 N–H and O–H groups in total. The van der Waals surface area contributed by atoms with Gasteiger partial charge >= 0.3 is 6.09 Å². The van der Waals surface area contributed by atoms with Gasteiger partial charge in [-0.15, -0.1) is 0 Å². The second-order valence-corrected chi connectivity index (χ2v) is 5.47. The van der Waals surface area contributed by atoms with Gasteiger partial charge in [0.15, 0.2) is 0 Å². The summed E-state index contributed by atoms with van der Waals surface area (Å²) in [4.78, 5) is 14.0. The Morgan fingerprint density at radius 2 is 2.05 bits per heavy atom. The molecule has 1 aliphatic rings. The lowest BCUT2D eigenvalue weighted by Crippen LogP contribution is -2.44. The first-order chi connectivity index (χ1) is 10.3. The van der Waals surface area contributed by atoms with Crippen LogP contribution in [0.2, 0.25) is 0 Å². The van der Waals surface area contributed by atoms with Crippen molar-refractivity contribution in [2.75, 3.05) is 26.9 Å². The van der Waals surface area contributed by atoms with Gasteiger partial charge in [0.1, 0.15) is 6.61 Å². The Bertz CT molecular complexity index is 421. The van der Waals surface area contributed by atoms with Gasteiger partial charge in [0.2, 0.25) is 0 Å². The summed E-state index contributed by atoms with van der Waals surface area (Å²) in [7, 11) is 1.61. The molecule has 2 rings (SSSR count). The molecule has 1 aromatic carbocycles. The number of carbonyl (C=O) groups is 1. The molecule has 1 saturated heterocycles. The number of benzene rings is 1. The van der Waals surface area contributed by atoms with E-state index in [2.05, 4.69) is 24.3 Å². The van der Waals surface area contributed by atoms with Gasteiger partial charge in [-0.1, -0.05) is 30.3 Å². The summed E-state index contributed by atoms with van der Waals surface area (Å²) in [5.74, 6) is 0. The lowest BCUT2D eigenvalue weighted by Gasteiger charge is -2.35. The predicted molar refractivity (Wildman–Crippen MR) is 82.3 cm³/mol. The third kappa shape index (κ3) is 5.05. The van der Waals surface area contributed by atoms with Crippen LogP contribution in [0.15, 0.2) is 30.3 Å². The largest absolute Gasteiger partial charge is 0.447 e. The predicted octanol–water partition coefficient (Wildman–Crippen LogP) is 3.26. The minimum absolute atomic E-state index is 0.190. The average Bonchev–Trinajstić information content (AvgIpc) is 2.54. The number of carbonyl (C=O) groups excluding carboxylic acids is 1. The van der Waals surface area contributed by atoms with Gasteiger partial charge in [0.05, 0.1) is 6.61 Å². The Morgan fingerprint density at radius 1 is 1.24 bits per heavy atom. The van der Waals surface area contributed by atoms with Crippen molar-refractivity contribution >= 4 is 6.09 Å². The van der Waals surface area contributed by atoms with Crippen LogP contribution in [0.3, 0.4) is 0 Å². The quantitative estimate of drug-likeness (QED) is 0.755. The van der Waals surface area contributed by atoms with E-state index < -0.39 is 0 Å². The standard InChI is InChI=1S/C17H25NO3/c1-20-13-14-21-17(19)18-12-6-5-9-16(18)11-10-15-7-3-2-4-8-15/h2-4,7-8,16H,5-6,9-14H2,1H3. The molecule has 1 fully saturated rings. The second kappa shape index (κ2) is 8.67. The van der Waals surface area contributed by atoms with Gasteiger partial charge < -0.3 is 14.4 Å². The fourth-order valence-corrected chi connectivity index (χ4v) is 2.81. The summed E-state index contributed by atoms with van der Waals surface area (Å²) in [6, 6.07) is 10.7. The van der Waals surface area contributed by atoms with Crippen LogP contribution in [0.4, 0.5) is 4.79 Å². The number of hydrogen-bond donors (Lipinski definition) is 0. The zero-order valence-corrected chi connectivity index (χ0v) is 12.8. The monoisotopic (exact) mass is 291 g/mol. The van der Waals surface area contributed by atoms with Crippen LogP contribution in [-0.2, 0) is 15.9 Å². The van der Waals surface area contributed by atoms with Gasteiger partial charge in [0, 0.05) is 19.7 Å². The molecule has 1 aliphatic heterocycles. The average molecular weight is 291 g/mol. The maximum Gasteiger partial charge on any atom is 0.410 e. The van der Waals surface area contributed by atoms with Crippen molar-refractivity contribution < 1.29 is 14.3 Å². The van der Waals surface area contributed by atoms with E-state index in [1.54, 1.807) is 7.11 Å². The molecule has 0 aromatic heterocycles. The first-order valence-electron chi connectivity index (χ1n) is 7.77. The fourth-order valence-electron chi connectivity index (χ4n) is 2.81. The molecule has 116 valence electrons. The van der Waals surface area contributed by atoms with Crippen LogP contribution in [0.5, 0.6) is 0 Å². The van der Waals surface area contributed by atoms with Crippen molar-refractivity contribution in [1.29, 1.82) is 0 Å². The Morgan fingerprint density at radius 3 is 2.81 bits per heavy atom. The number of methoxy groups -OCH3 is 1. The molecular formula is C17H25NO3. The molecule has 1 aromatic rings. The first-order valence-corrected chi connectivity index (χ1v) is 7.77. The number of nitrogens with zero attached hydrogens (tertiary/aromatic N) is 1. The van der Waals surface area contributed by atoms with E-state index in [-0.39, 0.29) is 6.09 Å². The van der Waals surface area contributed by atoms with E-state index in [9.17, 15) is 4.79 Å². The molecule has 4 nitrogen and oxygen atoms in total. The van der Waals surface area contributed by atoms with E-state index in [4.69, 9.17) is 9.47 Å². The van der Waals surface area contributed by atoms with Crippen molar-refractivity contribution in [3.63, 3.8) is 0 Å². The molecule has 1 amide bonds. The molecule has 1 atom stereocenters. The lowest BCUT2D eigenvalue weighted by atomic mass is 9.96. The van der Waals surface area contributed by atoms with E-state index in [0.29, 0.717) is 19.3 Å². The van der Waals surface area contributed by atoms with E-state index >= 15 is 0 Å². The summed E-state index contributed by atoms with van der Waals surface area (Å²) in [5.41, 5.74) is 1.33. The Hall–Kier alpha value is -1.55. The van der Waals surface area contributed by atoms with Crippen LogP contribution in [0, 0.1) is 0 Å². The highest BCUT2D eigenvalue weighted by Gasteiger charge is 2.27. The number of piperidine rings is 1. The molecular weight excluding hydrogens is 266 g/mol. The SMILES string of the molecule is COCCOC(=O)N1CCCCC1CCc1ccccc1. The van der Waals surface area contributed by atoms with E-state index in [1.807, 2.05) is 11.0 Å². The van der Waals surface area contributed by atoms with E-state index in [1.165, 1.54) is 12.0 Å². The Labute approximate surface area is 127 Å². The van der Waals surface area contributed by atoms with Gasteiger partial charge in [-0.25, -0.2) is 4.79 Å². The molecule has 0 aliphatic carbocycles. The normalized spacial score (nSPS) is 18.5.